The molecule has 0 spiro atoms. The molecule has 0 aliphatic carbocycles. The molecule has 1 amide bonds. The number of esters is 1. The van der Waals surface area contributed by atoms with E-state index in [1.165, 1.54) is 6.92 Å². The molecule has 0 aromatic rings. The summed E-state index contributed by atoms with van der Waals surface area (Å²) in [5.41, 5.74) is 0. The average molecular weight is 280 g/mol. The lowest BCUT2D eigenvalue weighted by molar-refractivity contribution is -0.147. The van der Waals surface area contributed by atoms with Crippen molar-refractivity contribution in [3.63, 3.8) is 0 Å². The van der Waals surface area contributed by atoms with E-state index in [0.29, 0.717) is 6.42 Å². The lowest BCUT2D eigenvalue weighted by atomic mass is 10.1. The standard InChI is InChI=1S/C9H14BrNO4/c1-5(10)8-7(15-6(2)12)3-4-14-9(13)11-8/h5,7-8H,3-4H2,1-2H3,(H,11,13)/t5?,7-,8?/m1/s1. The SMILES string of the molecule is CC(=O)O[C@@H]1CCOC(=O)NC1C(C)Br. The third-order valence-electron chi connectivity index (χ3n) is 2.13. The van der Waals surface area contributed by atoms with E-state index in [1.54, 1.807) is 0 Å². The van der Waals surface area contributed by atoms with Gasteiger partial charge in [0.25, 0.3) is 0 Å². The number of ether oxygens (including phenoxy) is 2. The number of hydrogen-bond donors (Lipinski definition) is 1. The molecule has 0 bridgehead atoms. The molecule has 1 fully saturated rings. The predicted octanol–water partition coefficient (Wildman–Crippen LogP) is 1.20. The fourth-order valence-electron chi connectivity index (χ4n) is 1.47. The van der Waals surface area contributed by atoms with E-state index in [9.17, 15) is 9.59 Å². The van der Waals surface area contributed by atoms with Crippen molar-refractivity contribution < 1.29 is 19.1 Å². The van der Waals surface area contributed by atoms with Crippen LogP contribution in [-0.2, 0) is 14.3 Å². The molecule has 3 atom stereocenters. The summed E-state index contributed by atoms with van der Waals surface area (Å²) in [6.45, 7) is 3.50. The topological polar surface area (TPSA) is 64.6 Å². The predicted molar refractivity (Wildman–Crippen MR) is 56.8 cm³/mol. The summed E-state index contributed by atoms with van der Waals surface area (Å²) in [5.74, 6) is -0.353. The second kappa shape index (κ2) is 5.34. The van der Waals surface area contributed by atoms with Crippen molar-refractivity contribution in [2.45, 2.75) is 37.2 Å². The molecule has 0 aromatic carbocycles. The fourth-order valence-corrected chi connectivity index (χ4v) is 1.95. The molecule has 5 nitrogen and oxygen atoms in total. The van der Waals surface area contributed by atoms with Gasteiger partial charge in [-0.1, -0.05) is 22.9 Å². The van der Waals surface area contributed by atoms with Crippen molar-refractivity contribution in [2.75, 3.05) is 6.61 Å². The summed E-state index contributed by atoms with van der Waals surface area (Å²) in [6, 6.07) is -0.260. The molecular formula is C9H14BrNO4. The normalized spacial score (nSPS) is 28.3. The minimum absolute atomic E-state index is 0.00694. The van der Waals surface area contributed by atoms with Crippen LogP contribution in [0.5, 0.6) is 0 Å². The van der Waals surface area contributed by atoms with E-state index in [2.05, 4.69) is 21.2 Å². The van der Waals surface area contributed by atoms with E-state index in [0.717, 1.165) is 0 Å². The van der Waals surface area contributed by atoms with Gasteiger partial charge in [0, 0.05) is 18.2 Å². The maximum Gasteiger partial charge on any atom is 0.407 e. The number of nitrogens with one attached hydrogen (secondary N) is 1. The number of carbonyl (C=O) groups is 2. The number of carbonyl (C=O) groups excluding carboxylic acids is 2. The molecule has 1 heterocycles. The Morgan fingerprint density at radius 3 is 2.93 bits per heavy atom. The second-order valence-electron chi connectivity index (χ2n) is 3.42. The van der Waals surface area contributed by atoms with Gasteiger partial charge in [0.1, 0.15) is 6.10 Å². The van der Waals surface area contributed by atoms with Crippen molar-refractivity contribution in [1.29, 1.82) is 0 Å². The molecule has 86 valence electrons. The largest absolute Gasteiger partial charge is 0.460 e. The molecule has 0 radical (unpaired) electrons. The van der Waals surface area contributed by atoms with E-state index in [4.69, 9.17) is 9.47 Å². The minimum Gasteiger partial charge on any atom is -0.460 e. The smallest absolute Gasteiger partial charge is 0.407 e. The van der Waals surface area contributed by atoms with Crippen LogP contribution in [0.4, 0.5) is 4.79 Å². The van der Waals surface area contributed by atoms with Crippen LogP contribution in [0.2, 0.25) is 0 Å². The van der Waals surface area contributed by atoms with Gasteiger partial charge in [-0.3, -0.25) is 4.79 Å². The zero-order valence-corrected chi connectivity index (χ0v) is 10.2. The molecule has 0 saturated carbocycles. The molecule has 1 saturated heterocycles. The van der Waals surface area contributed by atoms with Crippen LogP contribution in [0.1, 0.15) is 20.3 Å². The van der Waals surface area contributed by atoms with Crippen LogP contribution in [0, 0.1) is 0 Å². The van der Waals surface area contributed by atoms with E-state index in [1.807, 2.05) is 6.92 Å². The van der Waals surface area contributed by atoms with Crippen molar-refractivity contribution in [1.82, 2.24) is 5.32 Å². The van der Waals surface area contributed by atoms with E-state index >= 15 is 0 Å². The fraction of sp³-hybridized carbons (Fsp3) is 0.778. The van der Waals surface area contributed by atoms with Gasteiger partial charge in [0.15, 0.2) is 0 Å². The monoisotopic (exact) mass is 279 g/mol. The number of alkyl halides is 1. The zero-order chi connectivity index (χ0) is 11.4. The van der Waals surface area contributed by atoms with Gasteiger partial charge in [0.05, 0.1) is 12.6 Å². The van der Waals surface area contributed by atoms with Crippen molar-refractivity contribution in [3.8, 4) is 0 Å². The summed E-state index contributed by atoms with van der Waals surface area (Å²) >= 11 is 3.37. The first-order valence-corrected chi connectivity index (χ1v) is 5.67. The highest BCUT2D eigenvalue weighted by molar-refractivity contribution is 9.09. The Balaban J connectivity index is 2.70. The maximum atomic E-state index is 11.1. The quantitative estimate of drug-likeness (QED) is 0.609. The van der Waals surface area contributed by atoms with Gasteiger partial charge in [-0.2, -0.15) is 0 Å². The first-order valence-electron chi connectivity index (χ1n) is 4.75. The first kappa shape index (κ1) is 12.3. The molecule has 2 unspecified atom stereocenters. The Morgan fingerprint density at radius 1 is 1.73 bits per heavy atom. The molecule has 1 rings (SSSR count). The van der Waals surface area contributed by atoms with Crippen molar-refractivity contribution in [3.05, 3.63) is 0 Å². The van der Waals surface area contributed by atoms with Crippen LogP contribution in [0.25, 0.3) is 0 Å². The molecule has 0 aromatic heterocycles. The van der Waals surface area contributed by atoms with E-state index in [-0.39, 0.29) is 29.5 Å². The average Bonchev–Trinajstić information content (AvgIpc) is 2.27. The number of amides is 1. The number of cyclic esters (lactones) is 1. The summed E-state index contributed by atoms with van der Waals surface area (Å²) in [6.07, 6.45) is -0.303. The van der Waals surface area contributed by atoms with Gasteiger partial charge in [0.2, 0.25) is 0 Å². The molecule has 6 heteroatoms. The molecule has 1 aliphatic rings. The first-order chi connectivity index (χ1) is 7.00. The Hall–Kier alpha value is -0.780. The summed E-state index contributed by atoms with van der Waals surface area (Å²) in [4.78, 5) is 22.0. The van der Waals surface area contributed by atoms with Crippen molar-refractivity contribution in [2.24, 2.45) is 0 Å². The highest BCUT2D eigenvalue weighted by atomic mass is 79.9. The number of rotatable bonds is 2. The lowest BCUT2D eigenvalue weighted by Crippen LogP contribution is -2.47. The second-order valence-corrected chi connectivity index (χ2v) is 4.86. The highest BCUT2D eigenvalue weighted by Gasteiger charge is 2.32. The maximum absolute atomic E-state index is 11.1. The Labute approximate surface area is 96.6 Å². The van der Waals surface area contributed by atoms with Crippen LogP contribution in [0.3, 0.4) is 0 Å². The third kappa shape index (κ3) is 3.70. The van der Waals surface area contributed by atoms with Crippen LogP contribution < -0.4 is 5.32 Å². The molecule has 1 aliphatic heterocycles. The van der Waals surface area contributed by atoms with Crippen molar-refractivity contribution >= 4 is 28.0 Å². The van der Waals surface area contributed by atoms with Gasteiger partial charge < -0.3 is 14.8 Å². The Bertz CT molecular complexity index is 256. The number of halogens is 1. The minimum atomic E-state index is -0.471. The third-order valence-corrected chi connectivity index (χ3v) is 2.70. The van der Waals surface area contributed by atoms with Crippen LogP contribution >= 0.6 is 15.9 Å². The number of alkyl carbamates (subject to hydrolysis) is 1. The van der Waals surface area contributed by atoms with Crippen LogP contribution in [0.15, 0.2) is 0 Å². The van der Waals surface area contributed by atoms with Gasteiger partial charge in [-0.15, -0.1) is 0 Å². The van der Waals surface area contributed by atoms with Crippen LogP contribution in [-0.4, -0.2) is 35.6 Å². The van der Waals surface area contributed by atoms with Gasteiger partial charge in [-0.05, 0) is 0 Å². The summed E-state index contributed by atoms with van der Waals surface area (Å²) < 4.78 is 9.96. The zero-order valence-electron chi connectivity index (χ0n) is 8.66. The summed E-state index contributed by atoms with van der Waals surface area (Å²) in [5, 5.41) is 2.65. The number of hydrogen-bond acceptors (Lipinski definition) is 4. The van der Waals surface area contributed by atoms with Gasteiger partial charge in [-0.25, -0.2) is 4.79 Å². The van der Waals surface area contributed by atoms with E-state index < -0.39 is 6.09 Å². The molecule has 15 heavy (non-hydrogen) atoms. The van der Waals surface area contributed by atoms with Gasteiger partial charge >= 0.3 is 12.1 Å². The Kier molecular flexibility index (Phi) is 4.38. The lowest BCUT2D eigenvalue weighted by Gasteiger charge is -2.25. The molecular weight excluding hydrogens is 266 g/mol. The summed E-state index contributed by atoms with van der Waals surface area (Å²) in [7, 11) is 0. The molecule has 1 N–H and O–H groups in total. The Morgan fingerprint density at radius 2 is 2.40 bits per heavy atom. The highest BCUT2D eigenvalue weighted by Crippen LogP contribution is 2.17.